The number of benzene rings is 1. The Kier molecular flexibility index (Phi) is 6.11. The number of aromatic nitrogens is 1. The maximum absolute atomic E-state index is 13.4. The number of Topliss-reactive ketones (excluding diaryl/α,β-unsaturated/α-hetero) is 1. The standard InChI is InChI=1S/C23H27N5O3/c1-16(2)20(29)14-26-10-12-27(13-11-26)15-21(30)28-19-8-4-3-6-17(19)23(31)25-18-7-5-9-24-22(18)28/h3-9,16H,10-15H2,1-2H3,(H,25,31). The van der Waals surface area contributed by atoms with Gasteiger partial charge >= 0.3 is 0 Å². The Hall–Kier alpha value is -3.10. The molecule has 0 unspecified atom stereocenters. The zero-order chi connectivity index (χ0) is 22.0. The van der Waals surface area contributed by atoms with E-state index in [1.54, 1.807) is 36.5 Å². The van der Waals surface area contributed by atoms with Crippen LogP contribution in [0, 0.1) is 5.92 Å². The van der Waals surface area contributed by atoms with Crippen molar-refractivity contribution < 1.29 is 14.4 Å². The topological polar surface area (TPSA) is 85.9 Å². The molecule has 0 saturated carbocycles. The first-order valence-electron chi connectivity index (χ1n) is 10.6. The molecule has 0 bridgehead atoms. The van der Waals surface area contributed by atoms with Gasteiger partial charge in [0.05, 0.1) is 30.0 Å². The summed E-state index contributed by atoms with van der Waals surface area (Å²) in [5.41, 5.74) is 1.48. The Morgan fingerprint density at radius 1 is 1.00 bits per heavy atom. The maximum atomic E-state index is 13.4. The van der Waals surface area contributed by atoms with E-state index in [2.05, 4.69) is 20.1 Å². The molecule has 31 heavy (non-hydrogen) atoms. The highest BCUT2D eigenvalue weighted by Crippen LogP contribution is 2.36. The highest BCUT2D eigenvalue weighted by Gasteiger charge is 2.31. The normalized spacial score (nSPS) is 17.0. The summed E-state index contributed by atoms with van der Waals surface area (Å²) < 4.78 is 0. The van der Waals surface area contributed by atoms with Crippen molar-refractivity contribution in [1.29, 1.82) is 0 Å². The van der Waals surface area contributed by atoms with E-state index in [1.807, 2.05) is 19.9 Å². The summed E-state index contributed by atoms with van der Waals surface area (Å²) in [5.74, 6) is 0.295. The van der Waals surface area contributed by atoms with Gasteiger partial charge in [-0.2, -0.15) is 0 Å². The van der Waals surface area contributed by atoms with E-state index in [1.165, 1.54) is 4.90 Å². The number of rotatable bonds is 5. The molecule has 0 atom stereocenters. The molecule has 1 fully saturated rings. The van der Waals surface area contributed by atoms with E-state index in [9.17, 15) is 14.4 Å². The molecule has 4 rings (SSSR count). The number of hydrogen-bond donors (Lipinski definition) is 1. The molecule has 3 heterocycles. The molecular formula is C23H27N5O3. The molecule has 2 aliphatic rings. The van der Waals surface area contributed by atoms with Crippen molar-refractivity contribution in [3.05, 3.63) is 48.2 Å². The van der Waals surface area contributed by atoms with Gasteiger partial charge in [-0.25, -0.2) is 4.98 Å². The van der Waals surface area contributed by atoms with Crippen molar-refractivity contribution in [3.63, 3.8) is 0 Å². The minimum Gasteiger partial charge on any atom is -0.319 e. The average Bonchev–Trinajstić information content (AvgIpc) is 2.89. The second kappa shape index (κ2) is 8.95. The summed E-state index contributed by atoms with van der Waals surface area (Å²) in [4.78, 5) is 48.3. The number of anilines is 3. The van der Waals surface area contributed by atoms with Crippen LogP contribution >= 0.6 is 0 Å². The third-order valence-electron chi connectivity index (χ3n) is 5.73. The zero-order valence-electron chi connectivity index (χ0n) is 17.9. The number of carbonyl (C=O) groups excluding carboxylic acids is 3. The van der Waals surface area contributed by atoms with Crippen LogP contribution in [0.4, 0.5) is 17.2 Å². The van der Waals surface area contributed by atoms with Crippen molar-refractivity contribution in [2.24, 2.45) is 5.92 Å². The number of hydrogen-bond acceptors (Lipinski definition) is 6. The Morgan fingerprint density at radius 2 is 1.68 bits per heavy atom. The molecule has 1 aromatic heterocycles. The lowest BCUT2D eigenvalue weighted by atomic mass is 10.1. The van der Waals surface area contributed by atoms with Crippen LogP contribution in [0.1, 0.15) is 24.2 Å². The fourth-order valence-corrected chi connectivity index (χ4v) is 3.86. The monoisotopic (exact) mass is 421 g/mol. The highest BCUT2D eigenvalue weighted by molar-refractivity contribution is 6.17. The van der Waals surface area contributed by atoms with Gasteiger partial charge in [0, 0.05) is 38.3 Å². The lowest BCUT2D eigenvalue weighted by Crippen LogP contribution is -2.51. The highest BCUT2D eigenvalue weighted by atomic mass is 16.2. The average molecular weight is 422 g/mol. The minimum absolute atomic E-state index is 0.0339. The first-order chi connectivity index (χ1) is 14.9. The second-order valence-electron chi connectivity index (χ2n) is 8.25. The van der Waals surface area contributed by atoms with Gasteiger partial charge in [-0.05, 0) is 24.3 Å². The van der Waals surface area contributed by atoms with Crippen LogP contribution in [0.3, 0.4) is 0 Å². The van der Waals surface area contributed by atoms with Crippen LogP contribution < -0.4 is 10.2 Å². The molecular weight excluding hydrogens is 394 g/mol. The molecule has 162 valence electrons. The number of pyridine rings is 1. The summed E-state index contributed by atoms with van der Waals surface area (Å²) in [5, 5.41) is 2.85. The van der Waals surface area contributed by atoms with Crippen LogP contribution in [-0.4, -0.2) is 71.6 Å². The van der Waals surface area contributed by atoms with Gasteiger partial charge < -0.3 is 5.32 Å². The third-order valence-corrected chi connectivity index (χ3v) is 5.73. The van der Waals surface area contributed by atoms with Gasteiger partial charge in [-0.15, -0.1) is 0 Å². The summed E-state index contributed by atoms with van der Waals surface area (Å²) in [6.07, 6.45) is 1.61. The molecule has 1 N–H and O–H groups in total. The van der Waals surface area contributed by atoms with Crippen molar-refractivity contribution in [1.82, 2.24) is 14.8 Å². The van der Waals surface area contributed by atoms with Gasteiger partial charge in [-0.1, -0.05) is 26.0 Å². The van der Waals surface area contributed by atoms with E-state index in [0.29, 0.717) is 42.4 Å². The van der Waals surface area contributed by atoms with E-state index >= 15 is 0 Å². The molecule has 2 amide bonds. The predicted octanol–water partition coefficient (Wildman–Crippen LogP) is 2.15. The molecule has 0 spiro atoms. The third kappa shape index (κ3) is 4.50. The fourth-order valence-electron chi connectivity index (χ4n) is 3.86. The van der Waals surface area contributed by atoms with Crippen LogP contribution in [0.2, 0.25) is 0 Å². The first kappa shape index (κ1) is 21.1. The number of carbonyl (C=O) groups is 3. The summed E-state index contributed by atoms with van der Waals surface area (Å²) >= 11 is 0. The summed E-state index contributed by atoms with van der Waals surface area (Å²) in [7, 11) is 0. The molecule has 8 nitrogen and oxygen atoms in total. The predicted molar refractivity (Wildman–Crippen MR) is 119 cm³/mol. The van der Waals surface area contributed by atoms with E-state index < -0.39 is 0 Å². The van der Waals surface area contributed by atoms with Crippen molar-refractivity contribution >= 4 is 34.8 Å². The Labute approximate surface area is 181 Å². The molecule has 2 aliphatic heterocycles. The molecule has 0 radical (unpaired) electrons. The molecule has 8 heteroatoms. The van der Waals surface area contributed by atoms with E-state index in [0.717, 1.165) is 13.1 Å². The minimum atomic E-state index is -0.261. The van der Waals surface area contributed by atoms with Gasteiger partial charge in [0.2, 0.25) is 5.91 Å². The Morgan fingerprint density at radius 3 is 2.39 bits per heavy atom. The van der Waals surface area contributed by atoms with Gasteiger partial charge in [0.1, 0.15) is 5.78 Å². The summed E-state index contributed by atoms with van der Waals surface area (Å²) in [6.45, 7) is 7.42. The van der Waals surface area contributed by atoms with E-state index in [-0.39, 0.29) is 30.1 Å². The Balaban J connectivity index is 1.51. The first-order valence-corrected chi connectivity index (χ1v) is 10.6. The lowest BCUT2D eigenvalue weighted by molar-refractivity contribution is -0.124. The largest absolute Gasteiger partial charge is 0.319 e. The Bertz CT molecular complexity index is 998. The van der Waals surface area contributed by atoms with Gasteiger partial charge in [0.15, 0.2) is 5.82 Å². The quantitative estimate of drug-likeness (QED) is 0.796. The van der Waals surface area contributed by atoms with Crippen LogP contribution in [0.15, 0.2) is 42.6 Å². The summed E-state index contributed by atoms with van der Waals surface area (Å²) in [6, 6.07) is 10.5. The number of piperazine rings is 1. The van der Waals surface area contributed by atoms with Crippen molar-refractivity contribution in [2.45, 2.75) is 13.8 Å². The number of nitrogens with one attached hydrogen (secondary N) is 1. The number of ketones is 1. The SMILES string of the molecule is CC(C)C(=O)CN1CCN(CC(=O)N2c3ccccc3C(=O)Nc3cccnc32)CC1. The maximum Gasteiger partial charge on any atom is 0.257 e. The lowest BCUT2D eigenvalue weighted by Gasteiger charge is -2.35. The van der Waals surface area contributed by atoms with Crippen LogP contribution in [0.5, 0.6) is 0 Å². The zero-order valence-corrected chi connectivity index (χ0v) is 17.9. The van der Waals surface area contributed by atoms with Crippen molar-refractivity contribution in [3.8, 4) is 0 Å². The second-order valence-corrected chi connectivity index (χ2v) is 8.25. The smallest absolute Gasteiger partial charge is 0.257 e. The van der Waals surface area contributed by atoms with E-state index in [4.69, 9.17) is 0 Å². The number of nitrogens with zero attached hydrogens (tertiary/aromatic N) is 4. The van der Waals surface area contributed by atoms with Gasteiger partial charge in [-0.3, -0.25) is 29.1 Å². The molecule has 1 saturated heterocycles. The number of fused-ring (bicyclic) bond motifs is 2. The molecule has 1 aromatic carbocycles. The van der Waals surface area contributed by atoms with Crippen LogP contribution in [-0.2, 0) is 9.59 Å². The van der Waals surface area contributed by atoms with Gasteiger partial charge in [0.25, 0.3) is 5.91 Å². The number of amides is 2. The number of para-hydroxylation sites is 1. The van der Waals surface area contributed by atoms with Crippen LogP contribution in [0.25, 0.3) is 0 Å². The molecule has 2 aromatic rings. The molecule has 0 aliphatic carbocycles. The fraction of sp³-hybridized carbons (Fsp3) is 0.391. The van der Waals surface area contributed by atoms with Crippen molar-refractivity contribution in [2.75, 3.05) is 49.5 Å².